The van der Waals surface area contributed by atoms with E-state index < -0.39 is 0 Å². The maximum absolute atomic E-state index is 5.90. The maximum Gasteiger partial charge on any atom is 0.227 e. The first kappa shape index (κ1) is 18.0. The molecule has 3 aromatic rings. The first-order chi connectivity index (χ1) is 12.6. The number of nitrogens with zero attached hydrogens (tertiary/aromatic N) is 4. The van der Waals surface area contributed by atoms with Crippen LogP contribution in [0.25, 0.3) is 11.3 Å². The molecule has 3 rings (SSSR count). The van der Waals surface area contributed by atoms with Crippen LogP contribution in [0.5, 0.6) is 0 Å². The van der Waals surface area contributed by atoms with E-state index >= 15 is 0 Å². The van der Waals surface area contributed by atoms with Crippen LogP contribution in [-0.2, 0) is 4.74 Å². The number of hydrogen-bond donors (Lipinski definition) is 2. The molecule has 2 N–H and O–H groups in total. The van der Waals surface area contributed by atoms with Gasteiger partial charge in [-0.3, -0.25) is 0 Å². The molecule has 0 aromatic carbocycles. The minimum Gasteiger partial charge on any atom is -0.383 e. The molecule has 26 heavy (non-hydrogen) atoms. The number of anilines is 3. The van der Waals surface area contributed by atoms with Crippen molar-refractivity contribution in [2.45, 2.75) is 13.0 Å². The van der Waals surface area contributed by atoms with Gasteiger partial charge in [-0.1, -0.05) is 11.6 Å². The predicted octanol–water partition coefficient (Wildman–Crippen LogP) is 3.78. The number of methoxy groups -OCH3 is 1. The molecule has 0 aliphatic rings. The van der Waals surface area contributed by atoms with E-state index in [9.17, 15) is 0 Å². The lowest BCUT2D eigenvalue weighted by molar-refractivity contribution is 0.190. The highest BCUT2D eigenvalue weighted by Gasteiger charge is 2.07. The monoisotopic (exact) mass is 370 g/mol. The van der Waals surface area contributed by atoms with Crippen molar-refractivity contribution in [3.63, 3.8) is 0 Å². The molecule has 0 fully saturated rings. The molecule has 0 aliphatic carbocycles. The fraction of sp³-hybridized carbons (Fsp3) is 0.222. The average Bonchev–Trinajstić information content (AvgIpc) is 2.62. The number of pyridine rings is 2. The summed E-state index contributed by atoms with van der Waals surface area (Å²) in [5.41, 5.74) is 2.49. The second-order valence-corrected chi connectivity index (χ2v) is 6.08. The van der Waals surface area contributed by atoms with Gasteiger partial charge in [0, 0.05) is 43.0 Å². The second-order valence-electron chi connectivity index (χ2n) is 5.69. The van der Waals surface area contributed by atoms with Gasteiger partial charge in [0.25, 0.3) is 0 Å². The lowest BCUT2D eigenvalue weighted by atomic mass is 10.2. The molecule has 3 aromatic heterocycles. The number of nitrogens with one attached hydrogen (secondary N) is 2. The van der Waals surface area contributed by atoms with Crippen molar-refractivity contribution < 1.29 is 4.74 Å². The van der Waals surface area contributed by atoms with Gasteiger partial charge in [-0.25, -0.2) is 19.9 Å². The quantitative estimate of drug-likeness (QED) is 0.612. The van der Waals surface area contributed by atoms with Crippen LogP contribution in [0.1, 0.15) is 6.92 Å². The minimum atomic E-state index is 0.154. The van der Waals surface area contributed by atoms with Crippen molar-refractivity contribution in [3.8, 4) is 11.3 Å². The predicted molar refractivity (Wildman–Crippen MR) is 103 cm³/mol. The van der Waals surface area contributed by atoms with Gasteiger partial charge in [-0.2, -0.15) is 0 Å². The standard InChI is InChI=1S/C18H19ClN6O/c1-12(11-26-2)23-17-9-13(3-6-21-17)15-5-8-22-18(25-15)24-14-4-7-20-16(19)10-14/h3-10,12H,11H2,1-2H3,(H,21,23)(H,20,22,24,25). The van der Waals surface area contributed by atoms with Crippen molar-refractivity contribution in [2.24, 2.45) is 0 Å². The third kappa shape index (κ3) is 4.87. The molecular formula is C18H19ClN6O. The number of aromatic nitrogens is 4. The molecule has 0 spiro atoms. The van der Waals surface area contributed by atoms with Gasteiger partial charge < -0.3 is 15.4 Å². The van der Waals surface area contributed by atoms with Gasteiger partial charge in [-0.05, 0) is 37.3 Å². The zero-order chi connectivity index (χ0) is 18.4. The minimum absolute atomic E-state index is 0.154. The highest BCUT2D eigenvalue weighted by molar-refractivity contribution is 6.29. The van der Waals surface area contributed by atoms with Crippen LogP contribution in [0, 0.1) is 0 Å². The van der Waals surface area contributed by atoms with Crippen molar-refractivity contribution in [1.29, 1.82) is 0 Å². The fourth-order valence-corrected chi connectivity index (χ4v) is 2.58. The molecule has 0 bridgehead atoms. The van der Waals surface area contributed by atoms with Crippen molar-refractivity contribution in [3.05, 3.63) is 54.1 Å². The normalized spacial score (nSPS) is 11.8. The lowest BCUT2D eigenvalue weighted by Crippen LogP contribution is -2.21. The molecule has 0 saturated heterocycles. The highest BCUT2D eigenvalue weighted by Crippen LogP contribution is 2.22. The average molecular weight is 371 g/mol. The number of rotatable bonds is 7. The van der Waals surface area contributed by atoms with E-state index in [1.807, 2.05) is 25.1 Å². The molecule has 7 nitrogen and oxygen atoms in total. The van der Waals surface area contributed by atoms with Crippen LogP contribution < -0.4 is 10.6 Å². The van der Waals surface area contributed by atoms with E-state index in [0.29, 0.717) is 17.7 Å². The summed E-state index contributed by atoms with van der Waals surface area (Å²) in [6.45, 7) is 2.63. The Kier molecular flexibility index (Phi) is 5.93. The third-order valence-corrected chi connectivity index (χ3v) is 3.71. The Morgan fingerprint density at radius 1 is 1.08 bits per heavy atom. The van der Waals surface area contributed by atoms with E-state index in [4.69, 9.17) is 16.3 Å². The first-order valence-electron chi connectivity index (χ1n) is 8.07. The summed E-state index contributed by atoms with van der Waals surface area (Å²) in [6.07, 6.45) is 5.07. The second kappa shape index (κ2) is 8.55. The lowest BCUT2D eigenvalue weighted by Gasteiger charge is -2.14. The van der Waals surface area contributed by atoms with Crippen LogP contribution in [-0.4, -0.2) is 39.7 Å². The zero-order valence-electron chi connectivity index (χ0n) is 14.5. The summed E-state index contributed by atoms with van der Waals surface area (Å²) < 4.78 is 5.14. The summed E-state index contributed by atoms with van der Waals surface area (Å²) in [5.74, 6) is 1.24. The van der Waals surface area contributed by atoms with Crippen LogP contribution in [0.15, 0.2) is 48.9 Å². The topological polar surface area (TPSA) is 84.9 Å². The van der Waals surface area contributed by atoms with Gasteiger partial charge in [0.2, 0.25) is 5.95 Å². The Balaban J connectivity index is 1.79. The smallest absolute Gasteiger partial charge is 0.227 e. The summed E-state index contributed by atoms with van der Waals surface area (Å²) >= 11 is 5.90. The summed E-state index contributed by atoms with van der Waals surface area (Å²) in [6, 6.07) is 9.37. The Hall–Kier alpha value is -2.77. The van der Waals surface area contributed by atoms with Gasteiger partial charge in [0.15, 0.2) is 0 Å². The molecule has 1 atom stereocenters. The molecule has 8 heteroatoms. The third-order valence-electron chi connectivity index (χ3n) is 3.50. The van der Waals surface area contributed by atoms with Crippen molar-refractivity contribution in [1.82, 2.24) is 19.9 Å². The Labute approximate surface area is 156 Å². The van der Waals surface area contributed by atoms with Crippen LogP contribution >= 0.6 is 11.6 Å². The van der Waals surface area contributed by atoms with E-state index in [2.05, 4.69) is 30.6 Å². The molecule has 0 aliphatic heterocycles. The Morgan fingerprint density at radius 3 is 2.69 bits per heavy atom. The van der Waals surface area contributed by atoms with Crippen LogP contribution in [0.4, 0.5) is 17.5 Å². The SMILES string of the molecule is COCC(C)Nc1cc(-c2ccnc(Nc3ccnc(Cl)c3)n2)ccn1. The van der Waals surface area contributed by atoms with Crippen LogP contribution in [0.3, 0.4) is 0 Å². The molecule has 3 heterocycles. The number of halogens is 1. The van der Waals surface area contributed by atoms with Gasteiger partial charge in [0.05, 0.1) is 12.3 Å². The largest absolute Gasteiger partial charge is 0.383 e. The fourth-order valence-electron chi connectivity index (χ4n) is 2.40. The van der Waals surface area contributed by atoms with Crippen molar-refractivity contribution in [2.75, 3.05) is 24.4 Å². The van der Waals surface area contributed by atoms with Gasteiger partial charge in [0.1, 0.15) is 11.0 Å². The van der Waals surface area contributed by atoms with Crippen molar-refractivity contribution >= 4 is 29.1 Å². The summed E-state index contributed by atoms with van der Waals surface area (Å²) in [4.78, 5) is 17.1. The molecule has 134 valence electrons. The zero-order valence-corrected chi connectivity index (χ0v) is 15.2. The number of ether oxygens (including phenoxy) is 1. The molecular weight excluding hydrogens is 352 g/mol. The molecule has 1 unspecified atom stereocenters. The van der Waals surface area contributed by atoms with E-state index in [1.54, 1.807) is 37.8 Å². The summed E-state index contributed by atoms with van der Waals surface area (Å²) in [7, 11) is 1.67. The van der Waals surface area contributed by atoms with Gasteiger partial charge >= 0.3 is 0 Å². The maximum atomic E-state index is 5.90. The van der Waals surface area contributed by atoms with E-state index in [-0.39, 0.29) is 6.04 Å². The highest BCUT2D eigenvalue weighted by atomic mass is 35.5. The number of hydrogen-bond acceptors (Lipinski definition) is 7. The molecule has 0 amide bonds. The molecule has 0 saturated carbocycles. The Morgan fingerprint density at radius 2 is 1.88 bits per heavy atom. The summed E-state index contributed by atoms with van der Waals surface area (Å²) in [5, 5.41) is 6.82. The van der Waals surface area contributed by atoms with E-state index in [1.165, 1.54) is 0 Å². The van der Waals surface area contributed by atoms with E-state index in [0.717, 1.165) is 22.8 Å². The molecule has 0 radical (unpaired) electrons. The Bertz CT molecular complexity index is 876. The van der Waals surface area contributed by atoms with Crippen LogP contribution in [0.2, 0.25) is 5.15 Å². The van der Waals surface area contributed by atoms with Gasteiger partial charge in [-0.15, -0.1) is 0 Å². The first-order valence-corrected chi connectivity index (χ1v) is 8.45.